The molecule has 7 rings (SSSR count). The van der Waals surface area contributed by atoms with Crippen LogP contribution < -0.4 is 5.14 Å². The first-order valence-corrected chi connectivity index (χ1v) is 14.8. The molecule has 2 aliphatic heterocycles. The van der Waals surface area contributed by atoms with Gasteiger partial charge in [0.1, 0.15) is 12.2 Å². The number of carbonyl (C=O) groups excluding carboxylic acids is 1. The van der Waals surface area contributed by atoms with Crippen molar-refractivity contribution in [2.24, 2.45) is 5.14 Å². The predicted molar refractivity (Wildman–Crippen MR) is 162 cm³/mol. The quantitative estimate of drug-likeness (QED) is 0.228. The van der Waals surface area contributed by atoms with Gasteiger partial charge in [0, 0.05) is 39.3 Å². The Morgan fingerprint density at radius 2 is 0.907 bits per heavy atom. The molecule has 0 spiro atoms. The van der Waals surface area contributed by atoms with E-state index in [0.29, 0.717) is 57.1 Å². The molecular formula is C32H28N8O2S. The molecule has 0 unspecified atom stereocenters. The van der Waals surface area contributed by atoms with Gasteiger partial charge in [-0.25, -0.2) is 29.9 Å². The summed E-state index contributed by atoms with van der Waals surface area (Å²) in [6, 6.07) is 27.7. The lowest BCUT2D eigenvalue weighted by Crippen LogP contribution is -2.26. The molecule has 0 amide bonds. The number of nitrogens with zero attached hydrogens (tertiary/aromatic N) is 7. The van der Waals surface area contributed by atoms with E-state index in [0.717, 1.165) is 56.9 Å². The smallest absolute Gasteiger partial charge is 0.351 e. The van der Waals surface area contributed by atoms with Crippen LogP contribution in [0.1, 0.15) is 44.5 Å². The zero-order valence-electron chi connectivity index (χ0n) is 23.3. The summed E-state index contributed by atoms with van der Waals surface area (Å²) in [6.07, 6.45) is 0. The van der Waals surface area contributed by atoms with E-state index in [4.69, 9.17) is 34.2 Å². The number of hydrogen-bond acceptors (Lipinski definition) is 11. The molecule has 43 heavy (non-hydrogen) atoms. The van der Waals surface area contributed by atoms with Crippen LogP contribution in [0.2, 0.25) is 0 Å². The molecule has 0 radical (unpaired) electrons. The molecule has 5 aromatic heterocycles. The van der Waals surface area contributed by atoms with E-state index in [9.17, 15) is 4.79 Å². The van der Waals surface area contributed by atoms with Gasteiger partial charge in [0.25, 0.3) is 0 Å². The summed E-state index contributed by atoms with van der Waals surface area (Å²) in [7, 11) is 0. The first kappa shape index (κ1) is 27.3. The van der Waals surface area contributed by atoms with Crippen LogP contribution >= 0.6 is 12.2 Å². The maximum absolute atomic E-state index is 12.9. The third-order valence-electron chi connectivity index (χ3n) is 7.36. The van der Waals surface area contributed by atoms with Gasteiger partial charge in [-0.05, 0) is 60.7 Å². The third kappa shape index (κ3) is 6.30. The Morgan fingerprint density at radius 3 is 1.26 bits per heavy atom. The summed E-state index contributed by atoms with van der Waals surface area (Å²) in [5.74, 6) is -0.515. The zero-order chi connectivity index (χ0) is 29.2. The standard InChI is InChI=1S/C32H28N8O2S/c33-43-42-32(41)21-13-26-19-39-15-22-5-1-9-28(35-22)29-10-2-6-23(36-29)17-40(20-27(14-21)34-26)18-25-8-4-12-31(38-25)30-11-3-7-24(16-39)37-30/h1-14H,15-20,33H2. The third-order valence-corrected chi connectivity index (χ3v) is 7.60. The second-order valence-corrected chi connectivity index (χ2v) is 11.0. The van der Waals surface area contributed by atoms with E-state index in [1.54, 1.807) is 12.1 Å². The fraction of sp³-hybridized carbons (Fsp3) is 0.188. The van der Waals surface area contributed by atoms with Crippen molar-refractivity contribution >= 4 is 18.2 Å². The molecule has 12 bridgehead atoms. The summed E-state index contributed by atoms with van der Waals surface area (Å²) in [5, 5.41) is 5.47. The molecule has 2 aliphatic rings. The van der Waals surface area contributed by atoms with Gasteiger partial charge in [-0.1, -0.05) is 24.3 Å². The minimum Gasteiger partial charge on any atom is -0.371 e. The van der Waals surface area contributed by atoms with E-state index in [1.165, 1.54) is 0 Å². The SMILES string of the molecule is NSOC(=O)c1cc2nc(c1)CN1Cc3cccc(n3)-c3cccc(n3)CN(C2)Cc2cccc(n2)-c2cccc(n2)C1. The molecule has 214 valence electrons. The first-order valence-electron chi connectivity index (χ1n) is 13.9. The molecule has 0 aromatic carbocycles. The largest absolute Gasteiger partial charge is 0.371 e. The topological polar surface area (TPSA) is 123 Å². The van der Waals surface area contributed by atoms with Crippen molar-refractivity contribution in [2.45, 2.75) is 39.3 Å². The summed E-state index contributed by atoms with van der Waals surface area (Å²) in [4.78, 5) is 42.3. The van der Waals surface area contributed by atoms with Gasteiger partial charge in [0.15, 0.2) is 0 Å². The Labute approximate surface area is 253 Å². The van der Waals surface area contributed by atoms with Crippen molar-refractivity contribution in [1.29, 1.82) is 0 Å². The summed E-state index contributed by atoms with van der Waals surface area (Å²) < 4.78 is 5.10. The van der Waals surface area contributed by atoms with Crippen LogP contribution in [0, 0.1) is 0 Å². The van der Waals surface area contributed by atoms with Crippen molar-refractivity contribution < 1.29 is 8.98 Å². The summed E-state index contributed by atoms with van der Waals surface area (Å²) in [5.41, 5.74) is 8.71. The molecule has 5 aromatic rings. The number of rotatable bonds is 2. The molecule has 10 nitrogen and oxygen atoms in total. The fourth-order valence-corrected chi connectivity index (χ4v) is 5.76. The Kier molecular flexibility index (Phi) is 7.60. The molecule has 0 atom stereocenters. The average Bonchev–Trinajstić information content (AvgIpc) is 3.01. The van der Waals surface area contributed by atoms with Gasteiger partial charge in [-0.15, -0.1) is 0 Å². The van der Waals surface area contributed by atoms with Crippen LogP contribution in [0.15, 0.2) is 84.9 Å². The van der Waals surface area contributed by atoms with Gasteiger partial charge in [0.2, 0.25) is 0 Å². The van der Waals surface area contributed by atoms with Crippen molar-refractivity contribution in [3.8, 4) is 22.8 Å². The van der Waals surface area contributed by atoms with Crippen LogP contribution in [0.4, 0.5) is 0 Å². The highest BCUT2D eigenvalue weighted by atomic mass is 32.2. The van der Waals surface area contributed by atoms with Gasteiger partial charge >= 0.3 is 5.97 Å². The zero-order valence-corrected chi connectivity index (χ0v) is 24.1. The van der Waals surface area contributed by atoms with E-state index in [-0.39, 0.29) is 0 Å². The molecule has 0 saturated heterocycles. The van der Waals surface area contributed by atoms with Crippen LogP contribution in [0.5, 0.6) is 0 Å². The van der Waals surface area contributed by atoms with Crippen molar-refractivity contribution in [1.82, 2.24) is 34.7 Å². The van der Waals surface area contributed by atoms with E-state index in [1.807, 2.05) is 72.8 Å². The lowest BCUT2D eigenvalue weighted by Gasteiger charge is -2.23. The molecule has 11 heteroatoms. The minimum absolute atomic E-state index is 0.395. The molecule has 7 heterocycles. The number of fused-ring (bicyclic) bond motifs is 12. The van der Waals surface area contributed by atoms with Crippen molar-refractivity contribution in [3.05, 3.63) is 125 Å². The summed E-state index contributed by atoms with van der Waals surface area (Å²) >= 11 is 0.537. The highest BCUT2D eigenvalue weighted by molar-refractivity contribution is 7.92. The maximum atomic E-state index is 12.9. The van der Waals surface area contributed by atoms with Crippen molar-refractivity contribution in [3.63, 3.8) is 0 Å². The molecule has 2 N–H and O–H groups in total. The number of pyridine rings is 5. The van der Waals surface area contributed by atoms with Crippen molar-refractivity contribution in [2.75, 3.05) is 0 Å². The minimum atomic E-state index is -0.515. The number of nitrogens with two attached hydrogens (primary N) is 1. The summed E-state index contributed by atoms with van der Waals surface area (Å²) in [6.45, 7) is 3.04. The van der Waals surface area contributed by atoms with Gasteiger partial charge in [-0.3, -0.25) is 14.8 Å². The molecule has 0 saturated carbocycles. The lowest BCUT2D eigenvalue weighted by atomic mass is 10.1. The first-order chi connectivity index (χ1) is 21.1. The van der Waals surface area contributed by atoms with Crippen LogP contribution in [0.3, 0.4) is 0 Å². The predicted octanol–water partition coefficient (Wildman–Crippen LogP) is 4.71. The highest BCUT2D eigenvalue weighted by Gasteiger charge is 2.20. The van der Waals surface area contributed by atoms with E-state index in [2.05, 4.69) is 9.80 Å². The number of aromatic nitrogens is 5. The Hall–Kier alpha value is -4.55. The average molecular weight is 589 g/mol. The van der Waals surface area contributed by atoms with Gasteiger partial charge in [0.05, 0.1) is 62.5 Å². The Balaban J connectivity index is 1.44. The Bertz CT molecular complexity index is 1600. The Morgan fingerprint density at radius 1 is 0.558 bits per heavy atom. The number of hydrogen-bond donors (Lipinski definition) is 1. The fourth-order valence-electron chi connectivity index (χ4n) is 5.57. The molecule has 0 fully saturated rings. The lowest BCUT2D eigenvalue weighted by molar-refractivity contribution is 0.0767. The maximum Gasteiger partial charge on any atom is 0.351 e. The van der Waals surface area contributed by atoms with Crippen LogP contribution in [-0.4, -0.2) is 40.7 Å². The van der Waals surface area contributed by atoms with E-state index >= 15 is 0 Å². The molecule has 0 aliphatic carbocycles. The second kappa shape index (κ2) is 12.0. The van der Waals surface area contributed by atoms with E-state index < -0.39 is 5.97 Å². The molecular weight excluding hydrogens is 560 g/mol. The highest BCUT2D eigenvalue weighted by Crippen LogP contribution is 2.23. The van der Waals surface area contributed by atoms with Gasteiger partial charge < -0.3 is 4.18 Å². The van der Waals surface area contributed by atoms with Gasteiger partial charge in [-0.2, -0.15) is 0 Å². The normalized spacial score (nSPS) is 17.5. The monoisotopic (exact) mass is 588 g/mol. The second-order valence-electron chi connectivity index (χ2n) is 10.7. The number of carbonyl (C=O) groups is 1. The van der Waals surface area contributed by atoms with Crippen LogP contribution in [-0.2, 0) is 43.5 Å². The van der Waals surface area contributed by atoms with Crippen LogP contribution in [0.25, 0.3) is 22.8 Å².